The van der Waals surface area contributed by atoms with E-state index in [-0.39, 0.29) is 11.9 Å². The van der Waals surface area contributed by atoms with E-state index in [0.29, 0.717) is 0 Å². The van der Waals surface area contributed by atoms with Crippen LogP contribution in [0.15, 0.2) is 22.7 Å². The van der Waals surface area contributed by atoms with E-state index in [1.807, 2.05) is 14.1 Å². The first-order valence-corrected chi connectivity index (χ1v) is 7.69. The summed E-state index contributed by atoms with van der Waals surface area (Å²) in [6.07, 6.45) is 0. The minimum atomic E-state index is -0.0705. The summed E-state index contributed by atoms with van der Waals surface area (Å²) < 4.78 is 1.13. The molecule has 1 unspecified atom stereocenters. The predicted octanol–water partition coefficient (Wildman–Crippen LogP) is 1.62. The van der Waals surface area contributed by atoms with Crippen molar-refractivity contribution in [3.8, 4) is 0 Å². The lowest BCUT2D eigenvalue weighted by molar-refractivity contribution is -0.135. The fourth-order valence-electron chi connectivity index (χ4n) is 2.45. The average Bonchev–Trinajstić information content (AvgIpc) is 2.42. The summed E-state index contributed by atoms with van der Waals surface area (Å²) in [4.78, 5) is 16.2. The highest BCUT2D eigenvalue weighted by Gasteiger charge is 2.29. The SMILES string of the molecule is Cc1ccc(CN2CCNCC2C(=O)N(C)C)cc1Br. The molecular weight excluding hydrogens is 318 g/mol. The van der Waals surface area contributed by atoms with Gasteiger partial charge in [0.05, 0.1) is 0 Å². The van der Waals surface area contributed by atoms with E-state index in [2.05, 4.69) is 51.3 Å². The van der Waals surface area contributed by atoms with Gasteiger partial charge in [-0.2, -0.15) is 0 Å². The lowest BCUT2D eigenvalue weighted by atomic mass is 10.1. The van der Waals surface area contributed by atoms with E-state index in [1.165, 1.54) is 11.1 Å². The lowest BCUT2D eigenvalue weighted by Crippen LogP contribution is -2.57. The van der Waals surface area contributed by atoms with E-state index < -0.39 is 0 Å². The lowest BCUT2D eigenvalue weighted by Gasteiger charge is -2.36. The Morgan fingerprint density at radius 3 is 2.90 bits per heavy atom. The van der Waals surface area contributed by atoms with Crippen molar-refractivity contribution >= 4 is 21.8 Å². The molecule has 1 heterocycles. The summed E-state index contributed by atoms with van der Waals surface area (Å²) in [5.41, 5.74) is 2.47. The third kappa shape index (κ3) is 3.59. The number of rotatable bonds is 3. The molecule has 0 bridgehead atoms. The van der Waals surface area contributed by atoms with Gasteiger partial charge in [-0.3, -0.25) is 9.69 Å². The van der Waals surface area contributed by atoms with Crippen LogP contribution in [0.2, 0.25) is 0 Å². The van der Waals surface area contributed by atoms with Gasteiger partial charge in [0.2, 0.25) is 5.91 Å². The largest absolute Gasteiger partial charge is 0.347 e. The zero-order valence-electron chi connectivity index (χ0n) is 12.3. The fourth-order valence-corrected chi connectivity index (χ4v) is 2.87. The molecule has 0 radical (unpaired) electrons. The Morgan fingerprint density at radius 1 is 1.50 bits per heavy atom. The van der Waals surface area contributed by atoms with E-state index in [0.717, 1.165) is 30.7 Å². The van der Waals surface area contributed by atoms with Crippen molar-refractivity contribution < 1.29 is 4.79 Å². The second kappa shape index (κ2) is 6.70. The normalized spacial score (nSPS) is 19.9. The molecule has 5 heteroatoms. The van der Waals surface area contributed by atoms with Crippen molar-refractivity contribution in [2.24, 2.45) is 0 Å². The van der Waals surface area contributed by atoms with Crippen LogP contribution in [0.3, 0.4) is 0 Å². The summed E-state index contributed by atoms with van der Waals surface area (Å²) in [5, 5.41) is 3.31. The first-order valence-electron chi connectivity index (χ1n) is 6.90. The minimum Gasteiger partial charge on any atom is -0.347 e. The number of aryl methyl sites for hydroxylation is 1. The number of carbonyl (C=O) groups excluding carboxylic acids is 1. The number of nitrogens with one attached hydrogen (secondary N) is 1. The minimum absolute atomic E-state index is 0.0705. The maximum absolute atomic E-state index is 12.3. The molecule has 0 spiro atoms. The zero-order valence-corrected chi connectivity index (χ0v) is 13.9. The number of hydrogen-bond donors (Lipinski definition) is 1. The van der Waals surface area contributed by atoms with Gasteiger partial charge in [-0.15, -0.1) is 0 Å². The molecule has 4 nitrogen and oxygen atoms in total. The molecule has 1 atom stereocenters. The summed E-state index contributed by atoms with van der Waals surface area (Å²) in [6, 6.07) is 6.33. The third-order valence-corrected chi connectivity index (χ3v) is 4.56. The number of likely N-dealkylation sites (N-methyl/N-ethyl adjacent to an activating group) is 1. The van der Waals surface area contributed by atoms with Crippen LogP contribution in [0.1, 0.15) is 11.1 Å². The molecule has 2 rings (SSSR count). The Bertz CT molecular complexity index is 490. The fraction of sp³-hybridized carbons (Fsp3) is 0.533. The standard InChI is InChI=1S/C15H22BrN3O/c1-11-4-5-12(8-13(11)16)10-19-7-6-17-9-14(19)15(20)18(2)3/h4-5,8,14,17H,6-7,9-10H2,1-3H3. The maximum Gasteiger partial charge on any atom is 0.240 e. The number of carbonyl (C=O) groups is 1. The average molecular weight is 340 g/mol. The van der Waals surface area contributed by atoms with Crippen LogP contribution < -0.4 is 5.32 Å². The Balaban J connectivity index is 2.12. The van der Waals surface area contributed by atoms with Gasteiger partial charge in [0, 0.05) is 44.7 Å². The smallest absolute Gasteiger partial charge is 0.240 e. The van der Waals surface area contributed by atoms with E-state index in [4.69, 9.17) is 0 Å². The first kappa shape index (κ1) is 15.5. The number of hydrogen-bond acceptors (Lipinski definition) is 3. The van der Waals surface area contributed by atoms with E-state index in [9.17, 15) is 4.79 Å². The number of nitrogens with zero attached hydrogens (tertiary/aromatic N) is 2. The first-order chi connectivity index (χ1) is 9.49. The molecule has 1 saturated heterocycles. The van der Waals surface area contributed by atoms with Gasteiger partial charge >= 0.3 is 0 Å². The van der Waals surface area contributed by atoms with Crippen molar-refractivity contribution in [2.75, 3.05) is 33.7 Å². The number of benzene rings is 1. The van der Waals surface area contributed by atoms with Gasteiger partial charge in [0.25, 0.3) is 0 Å². The van der Waals surface area contributed by atoms with Crippen molar-refractivity contribution in [3.05, 3.63) is 33.8 Å². The monoisotopic (exact) mass is 339 g/mol. The highest BCUT2D eigenvalue weighted by atomic mass is 79.9. The van der Waals surface area contributed by atoms with Gasteiger partial charge in [-0.05, 0) is 24.1 Å². The van der Waals surface area contributed by atoms with Crippen LogP contribution in [0.4, 0.5) is 0 Å². The molecule has 20 heavy (non-hydrogen) atoms. The molecule has 0 aliphatic carbocycles. The Labute approximate surface area is 129 Å². The molecule has 1 aromatic rings. The quantitative estimate of drug-likeness (QED) is 0.908. The summed E-state index contributed by atoms with van der Waals surface area (Å²) in [7, 11) is 3.63. The molecule has 1 aromatic carbocycles. The van der Waals surface area contributed by atoms with Crippen molar-refractivity contribution in [3.63, 3.8) is 0 Å². The second-order valence-corrected chi connectivity index (χ2v) is 6.36. The summed E-state index contributed by atoms with van der Waals surface area (Å²) in [6.45, 7) is 5.45. The van der Waals surface area contributed by atoms with Crippen molar-refractivity contribution in [2.45, 2.75) is 19.5 Å². The Kier molecular flexibility index (Phi) is 5.18. The van der Waals surface area contributed by atoms with Crippen LogP contribution in [-0.2, 0) is 11.3 Å². The van der Waals surface area contributed by atoms with Gasteiger partial charge in [0.1, 0.15) is 6.04 Å². The molecule has 1 amide bonds. The molecule has 1 fully saturated rings. The molecule has 1 N–H and O–H groups in total. The molecule has 0 aromatic heterocycles. The van der Waals surface area contributed by atoms with Gasteiger partial charge in [0.15, 0.2) is 0 Å². The number of amides is 1. The van der Waals surface area contributed by atoms with Crippen molar-refractivity contribution in [1.82, 2.24) is 15.1 Å². The van der Waals surface area contributed by atoms with Gasteiger partial charge in [-0.1, -0.05) is 28.1 Å². The van der Waals surface area contributed by atoms with Crippen molar-refractivity contribution in [1.29, 1.82) is 0 Å². The van der Waals surface area contributed by atoms with Crippen LogP contribution in [0.5, 0.6) is 0 Å². The van der Waals surface area contributed by atoms with Gasteiger partial charge in [-0.25, -0.2) is 0 Å². The second-order valence-electron chi connectivity index (χ2n) is 5.51. The Morgan fingerprint density at radius 2 is 2.25 bits per heavy atom. The zero-order chi connectivity index (χ0) is 14.7. The highest BCUT2D eigenvalue weighted by Crippen LogP contribution is 2.20. The molecule has 1 aliphatic heterocycles. The summed E-state index contributed by atoms with van der Waals surface area (Å²) >= 11 is 3.57. The molecule has 0 saturated carbocycles. The van der Waals surface area contributed by atoms with Crippen LogP contribution in [0, 0.1) is 6.92 Å². The number of piperazine rings is 1. The van der Waals surface area contributed by atoms with Gasteiger partial charge < -0.3 is 10.2 Å². The Hall–Kier alpha value is -0.910. The third-order valence-electron chi connectivity index (χ3n) is 3.70. The molecular formula is C15H22BrN3O. The van der Waals surface area contributed by atoms with Crippen LogP contribution in [0.25, 0.3) is 0 Å². The molecule has 1 aliphatic rings. The van der Waals surface area contributed by atoms with E-state index >= 15 is 0 Å². The number of halogens is 1. The topological polar surface area (TPSA) is 35.6 Å². The molecule has 110 valence electrons. The van der Waals surface area contributed by atoms with Crippen LogP contribution >= 0.6 is 15.9 Å². The predicted molar refractivity (Wildman–Crippen MR) is 84.6 cm³/mol. The summed E-state index contributed by atoms with van der Waals surface area (Å²) in [5.74, 6) is 0.170. The van der Waals surface area contributed by atoms with Crippen LogP contribution in [-0.4, -0.2) is 55.5 Å². The maximum atomic E-state index is 12.3. The highest BCUT2D eigenvalue weighted by molar-refractivity contribution is 9.10. The van der Waals surface area contributed by atoms with E-state index in [1.54, 1.807) is 4.90 Å².